The van der Waals surface area contributed by atoms with E-state index in [0.717, 1.165) is 4.68 Å². The molecule has 3 heterocycles. The van der Waals surface area contributed by atoms with Crippen molar-refractivity contribution < 1.29 is 13.2 Å². The molecule has 0 amide bonds. The summed E-state index contributed by atoms with van der Waals surface area (Å²) in [6.07, 6.45) is 6.56. The molecule has 0 saturated carbocycles. The molecule has 27 heavy (non-hydrogen) atoms. The lowest BCUT2D eigenvalue weighted by molar-refractivity contribution is 0.119. The van der Waals surface area contributed by atoms with Crippen molar-refractivity contribution >= 4 is 0 Å². The maximum Gasteiger partial charge on any atom is 0.258 e. The fourth-order valence-electron chi connectivity index (χ4n) is 2.84. The summed E-state index contributed by atoms with van der Waals surface area (Å²) in [4.78, 5) is 4.17. The number of hydrogen-bond donors (Lipinski definition) is 1. The predicted molar refractivity (Wildman–Crippen MR) is 89.8 cm³/mol. The number of halogens is 2. The number of rotatable bonds is 11. The molecule has 1 aliphatic rings. The van der Waals surface area contributed by atoms with Crippen LogP contribution in [-0.4, -0.2) is 43.8 Å². The van der Waals surface area contributed by atoms with E-state index in [2.05, 4.69) is 42.0 Å². The van der Waals surface area contributed by atoms with E-state index in [1.54, 1.807) is 0 Å². The van der Waals surface area contributed by atoms with Gasteiger partial charge in [0.15, 0.2) is 23.6 Å². The van der Waals surface area contributed by atoms with E-state index in [-0.39, 0.29) is 5.82 Å². The number of hydrogen-bond acceptors (Lipinski definition) is 8. The Morgan fingerprint density at radius 3 is 2.85 bits per heavy atom. The molecule has 144 valence electrons. The molecule has 0 fully saturated rings. The first-order valence-corrected chi connectivity index (χ1v) is 8.66. The summed E-state index contributed by atoms with van der Waals surface area (Å²) in [6, 6.07) is -0.611. The van der Waals surface area contributed by atoms with Crippen molar-refractivity contribution in [3.05, 3.63) is 23.7 Å². The van der Waals surface area contributed by atoms with Crippen molar-refractivity contribution in [1.82, 2.24) is 30.5 Å². The Hall–Kier alpha value is -2.74. The molecule has 0 radical (unpaired) electrons. The Kier molecular flexibility index (Phi) is 5.85. The second kappa shape index (κ2) is 8.30. The van der Waals surface area contributed by atoms with Gasteiger partial charge in [-0.2, -0.15) is 10.2 Å². The Labute approximate surface area is 154 Å². The van der Waals surface area contributed by atoms with Crippen molar-refractivity contribution in [2.75, 3.05) is 6.54 Å². The van der Waals surface area contributed by atoms with Crippen LogP contribution in [0.15, 0.2) is 21.0 Å². The van der Waals surface area contributed by atoms with Crippen LogP contribution in [0.4, 0.5) is 8.78 Å². The smallest absolute Gasteiger partial charge is 0.258 e. The van der Waals surface area contributed by atoms with Crippen molar-refractivity contribution in [2.45, 2.75) is 57.3 Å². The van der Waals surface area contributed by atoms with Crippen LogP contribution in [0, 0.1) is 12.3 Å². The minimum Gasteiger partial charge on any atom is -0.446 e. The van der Waals surface area contributed by atoms with Crippen LogP contribution >= 0.6 is 0 Å². The summed E-state index contributed by atoms with van der Waals surface area (Å²) in [5.74, 6) is 3.33. The maximum absolute atomic E-state index is 12.9. The fourth-order valence-corrected chi connectivity index (χ4v) is 2.84. The molecule has 3 rings (SSSR count). The number of oxazole rings is 1. The van der Waals surface area contributed by atoms with Crippen LogP contribution in [-0.2, 0) is 13.0 Å². The van der Waals surface area contributed by atoms with Crippen molar-refractivity contribution in [2.24, 2.45) is 10.2 Å². The first-order valence-electron chi connectivity index (χ1n) is 8.66. The summed E-state index contributed by atoms with van der Waals surface area (Å²) in [7, 11) is 0. The lowest BCUT2D eigenvalue weighted by atomic mass is 10.0. The number of aromatic nitrogens is 5. The lowest BCUT2D eigenvalue weighted by Gasteiger charge is -2.18. The molecule has 2 aromatic rings. The average molecular weight is 378 g/mol. The van der Waals surface area contributed by atoms with E-state index in [1.165, 1.54) is 6.39 Å². The van der Waals surface area contributed by atoms with Crippen LogP contribution in [0.1, 0.15) is 49.5 Å². The molecule has 0 saturated heterocycles. The third kappa shape index (κ3) is 4.51. The SMILES string of the molecule is C#CCCC1(CCNC(c2ocnc2CC)c2nnnn2CC(F)F)N=N1. The van der Waals surface area contributed by atoms with Gasteiger partial charge in [-0.05, 0) is 16.8 Å². The molecule has 0 aromatic carbocycles. The highest BCUT2D eigenvalue weighted by atomic mass is 19.3. The van der Waals surface area contributed by atoms with Crippen LogP contribution < -0.4 is 5.32 Å². The Morgan fingerprint density at radius 1 is 1.37 bits per heavy atom. The van der Waals surface area contributed by atoms with Crippen molar-refractivity contribution in [3.8, 4) is 12.3 Å². The largest absolute Gasteiger partial charge is 0.446 e. The molecule has 9 nitrogen and oxygen atoms in total. The highest BCUT2D eigenvalue weighted by Crippen LogP contribution is 2.36. The first-order chi connectivity index (χ1) is 13.1. The van der Waals surface area contributed by atoms with E-state index in [0.29, 0.717) is 43.7 Å². The number of aryl methyl sites for hydroxylation is 1. The third-order valence-electron chi connectivity index (χ3n) is 4.32. The maximum atomic E-state index is 12.9. The second-order valence-electron chi connectivity index (χ2n) is 6.15. The molecule has 0 aliphatic carbocycles. The Morgan fingerprint density at radius 2 is 2.19 bits per heavy atom. The van der Waals surface area contributed by atoms with Crippen LogP contribution in [0.25, 0.3) is 0 Å². The number of terminal acetylenes is 1. The molecule has 2 aromatic heterocycles. The zero-order valence-electron chi connectivity index (χ0n) is 14.8. The van der Waals surface area contributed by atoms with E-state index in [9.17, 15) is 8.78 Å². The molecule has 1 unspecified atom stereocenters. The van der Waals surface area contributed by atoms with E-state index in [4.69, 9.17) is 10.8 Å². The van der Waals surface area contributed by atoms with Gasteiger partial charge in [-0.1, -0.05) is 6.92 Å². The van der Waals surface area contributed by atoms with Crippen molar-refractivity contribution in [1.29, 1.82) is 0 Å². The number of nitrogens with zero attached hydrogens (tertiary/aromatic N) is 7. The molecular formula is C16H20F2N8O. The number of nitrogens with one attached hydrogen (secondary N) is 1. The summed E-state index contributed by atoms with van der Waals surface area (Å²) in [5, 5.41) is 22.6. The van der Waals surface area contributed by atoms with Gasteiger partial charge in [-0.25, -0.2) is 18.4 Å². The minimum atomic E-state index is -2.58. The third-order valence-corrected chi connectivity index (χ3v) is 4.32. The number of tetrazole rings is 1. The quantitative estimate of drug-likeness (QED) is 0.601. The zero-order valence-corrected chi connectivity index (χ0v) is 14.8. The second-order valence-corrected chi connectivity index (χ2v) is 6.15. The van der Waals surface area contributed by atoms with E-state index in [1.807, 2.05) is 6.92 Å². The van der Waals surface area contributed by atoms with Gasteiger partial charge in [0.05, 0.1) is 5.69 Å². The predicted octanol–water partition coefficient (Wildman–Crippen LogP) is 2.13. The highest BCUT2D eigenvalue weighted by molar-refractivity contribution is 5.19. The Balaban J connectivity index is 1.75. The number of alkyl halides is 2. The van der Waals surface area contributed by atoms with Gasteiger partial charge in [0.2, 0.25) is 0 Å². The summed E-state index contributed by atoms with van der Waals surface area (Å²) in [5.41, 5.74) is 0.260. The molecular weight excluding hydrogens is 358 g/mol. The standard InChI is InChI=1S/C16H20F2N8O/c1-3-5-6-16(22-23-16)7-8-19-13(14-11(4-2)20-10-27-14)15-21-24-25-26(15)9-12(17)18/h1,10,12-13,19H,4-9H2,2H3. The van der Waals surface area contributed by atoms with Gasteiger partial charge in [0.1, 0.15) is 12.6 Å². The fraction of sp³-hybridized carbons (Fsp3) is 0.625. The summed E-state index contributed by atoms with van der Waals surface area (Å²) < 4.78 is 32.3. The monoisotopic (exact) mass is 378 g/mol. The van der Waals surface area contributed by atoms with Gasteiger partial charge in [-0.3, -0.25) is 0 Å². The van der Waals surface area contributed by atoms with E-state index < -0.39 is 24.7 Å². The van der Waals surface area contributed by atoms with Gasteiger partial charge < -0.3 is 9.73 Å². The summed E-state index contributed by atoms with van der Waals surface area (Å²) in [6.45, 7) is 1.82. The van der Waals surface area contributed by atoms with Gasteiger partial charge in [0.25, 0.3) is 6.43 Å². The highest BCUT2D eigenvalue weighted by Gasteiger charge is 2.39. The lowest BCUT2D eigenvalue weighted by Crippen LogP contribution is -2.30. The summed E-state index contributed by atoms with van der Waals surface area (Å²) >= 11 is 0. The van der Waals surface area contributed by atoms with Crippen LogP contribution in [0.2, 0.25) is 0 Å². The van der Waals surface area contributed by atoms with Crippen LogP contribution in [0.3, 0.4) is 0 Å². The molecule has 11 heteroatoms. The van der Waals surface area contributed by atoms with Gasteiger partial charge >= 0.3 is 0 Å². The van der Waals surface area contributed by atoms with Gasteiger partial charge in [0, 0.05) is 25.8 Å². The molecule has 1 atom stereocenters. The average Bonchev–Trinajstić information content (AvgIpc) is 3.05. The molecule has 1 N–H and O–H groups in total. The van der Waals surface area contributed by atoms with Crippen LogP contribution in [0.5, 0.6) is 0 Å². The zero-order chi connectivity index (χ0) is 19.3. The van der Waals surface area contributed by atoms with E-state index >= 15 is 0 Å². The normalized spacial score (nSPS) is 15.8. The molecule has 0 bridgehead atoms. The Bertz CT molecular complexity index is 818. The van der Waals surface area contributed by atoms with Crippen molar-refractivity contribution in [3.63, 3.8) is 0 Å². The molecule has 0 spiro atoms. The molecule has 1 aliphatic heterocycles. The van der Waals surface area contributed by atoms with Gasteiger partial charge in [-0.15, -0.1) is 17.4 Å². The topological polar surface area (TPSA) is 106 Å². The first kappa shape index (κ1) is 19.0. The minimum absolute atomic E-state index is 0.240.